The van der Waals surface area contributed by atoms with E-state index < -0.39 is 0 Å². The normalized spacial score (nSPS) is 11.6. The molecule has 0 aliphatic carbocycles. The first-order valence-electron chi connectivity index (χ1n) is 18.8. The number of aromatic nitrogens is 1. The lowest BCUT2D eigenvalue weighted by molar-refractivity contribution is 1.20. The van der Waals surface area contributed by atoms with Gasteiger partial charge in [-0.2, -0.15) is 0 Å². The molecule has 11 aromatic rings. The van der Waals surface area contributed by atoms with Crippen LogP contribution in [0.5, 0.6) is 0 Å². The van der Waals surface area contributed by atoms with E-state index in [0.717, 1.165) is 17.1 Å². The average molecular weight is 719 g/mol. The van der Waals surface area contributed by atoms with Gasteiger partial charge in [0.1, 0.15) is 0 Å². The highest BCUT2D eigenvalue weighted by Crippen LogP contribution is 2.44. The zero-order valence-corrected chi connectivity index (χ0v) is 30.7. The number of hydrogen-bond acceptors (Lipinski definition) is 2. The van der Waals surface area contributed by atoms with Crippen LogP contribution in [-0.2, 0) is 0 Å². The molecule has 55 heavy (non-hydrogen) atoms. The third-order valence-corrected chi connectivity index (χ3v) is 12.2. The van der Waals surface area contributed by atoms with Crippen LogP contribution in [0.25, 0.3) is 80.7 Å². The highest BCUT2D eigenvalue weighted by atomic mass is 32.1. The number of thiophene rings is 1. The van der Waals surface area contributed by atoms with Crippen molar-refractivity contribution < 1.29 is 0 Å². The lowest BCUT2D eigenvalue weighted by Gasteiger charge is -2.25. The fourth-order valence-electron chi connectivity index (χ4n) is 8.49. The van der Waals surface area contributed by atoms with Crippen LogP contribution in [-0.4, -0.2) is 4.57 Å². The maximum absolute atomic E-state index is 2.46. The zero-order chi connectivity index (χ0) is 36.3. The van der Waals surface area contributed by atoms with E-state index in [0.29, 0.717) is 0 Å². The third-order valence-electron chi connectivity index (χ3n) is 11.0. The Kier molecular flexibility index (Phi) is 7.39. The highest BCUT2D eigenvalue weighted by molar-refractivity contribution is 7.26. The monoisotopic (exact) mass is 718 g/mol. The van der Waals surface area contributed by atoms with Gasteiger partial charge < -0.3 is 9.47 Å². The van der Waals surface area contributed by atoms with Gasteiger partial charge in [-0.3, -0.25) is 0 Å². The van der Waals surface area contributed by atoms with E-state index in [1.807, 2.05) is 11.3 Å². The molecule has 0 radical (unpaired) electrons. The van der Waals surface area contributed by atoms with E-state index in [9.17, 15) is 0 Å². The van der Waals surface area contributed by atoms with Crippen LogP contribution in [0.3, 0.4) is 0 Å². The first-order valence-corrected chi connectivity index (χ1v) is 19.6. The summed E-state index contributed by atoms with van der Waals surface area (Å²) in [5.41, 5.74) is 11.9. The Hall–Kier alpha value is -6.94. The van der Waals surface area contributed by atoms with Crippen molar-refractivity contribution in [1.82, 2.24) is 4.57 Å². The van der Waals surface area contributed by atoms with Crippen LogP contribution in [0.15, 0.2) is 206 Å². The Balaban J connectivity index is 1.04. The Morgan fingerprint density at radius 2 is 0.927 bits per heavy atom. The first kappa shape index (κ1) is 31.6. The van der Waals surface area contributed by atoms with Crippen LogP contribution in [0.2, 0.25) is 0 Å². The van der Waals surface area contributed by atoms with Gasteiger partial charge in [-0.05, 0) is 88.8 Å². The van der Waals surface area contributed by atoms with Gasteiger partial charge in [0.05, 0.1) is 16.7 Å². The van der Waals surface area contributed by atoms with Crippen LogP contribution in [0.4, 0.5) is 17.1 Å². The number of rotatable bonds is 6. The molecule has 2 aromatic heterocycles. The lowest BCUT2D eigenvalue weighted by Crippen LogP contribution is -2.09. The van der Waals surface area contributed by atoms with Gasteiger partial charge in [0.25, 0.3) is 0 Å². The number of benzene rings is 9. The van der Waals surface area contributed by atoms with Crippen molar-refractivity contribution in [3.05, 3.63) is 206 Å². The molecule has 0 aliphatic rings. The maximum Gasteiger partial charge on any atom is 0.0541 e. The van der Waals surface area contributed by atoms with Gasteiger partial charge in [-0.25, -0.2) is 0 Å². The van der Waals surface area contributed by atoms with E-state index in [2.05, 4.69) is 216 Å². The SMILES string of the molecule is c1ccc(N(c2ccccc2)c2ccc(-c3ccc4c(c3)c3ccccc3n4-c3ccc(-c4cccc5c4sc4ccccc45)c4ccccc34)cc2)cc1. The van der Waals surface area contributed by atoms with Crippen LogP contribution in [0.1, 0.15) is 0 Å². The van der Waals surface area contributed by atoms with Crippen molar-refractivity contribution in [1.29, 1.82) is 0 Å². The second-order valence-corrected chi connectivity index (χ2v) is 15.1. The number of para-hydroxylation sites is 3. The van der Waals surface area contributed by atoms with E-state index in [1.54, 1.807) is 0 Å². The van der Waals surface area contributed by atoms with E-state index in [1.165, 1.54) is 80.7 Å². The van der Waals surface area contributed by atoms with Crippen LogP contribution in [0, 0.1) is 0 Å². The van der Waals surface area contributed by atoms with Crippen molar-refractivity contribution in [3.8, 4) is 27.9 Å². The van der Waals surface area contributed by atoms with Gasteiger partial charge in [0.15, 0.2) is 0 Å². The quantitative estimate of drug-likeness (QED) is 0.166. The Bertz CT molecular complexity index is 3150. The average Bonchev–Trinajstić information content (AvgIpc) is 3.80. The summed E-state index contributed by atoms with van der Waals surface area (Å²) in [6, 6.07) is 75.0. The number of fused-ring (bicyclic) bond motifs is 7. The smallest absolute Gasteiger partial charge is 0.0541 e. The molecule has 0 amide bonds. The summed E-state index contributed by atoms with van der Waals surface area (Å²) < 4.78 is 5.13. The highest BCUT2D eigenvalue weighted by Gasteiger charge is 2.19. The maximum atomic E-state index is 2.46. The van der Waals surface area contributed by atoms with Crippen LogP contribution < -0.4 is 4.90 Å². The molecule has 0 unspecified atom stereocenters. The zero-order valence-electron chi connectivity index (χ0n) is 29.9. The summed E-state index contributed by atoms with van der Waals surface area (Å²) in [6.45, 7) is 0. The molecule has 2 heterocycles. The molecule has 3 heteroatoms. The van der Waals surface area contributed by atoms with Crippen LogP contribution >= 0.6 is 11.3 Å². The summed E-state index contributed by atoms with van der Waals surface area (Å²) in [5.74, 6) is 0. The molecule has 9 aromatic carbocycles. The summed E-state index contributed by atoms with van der Waals surface area (Å²) in [4.78, 5) is 2.30. The minimum atomic E-state index is 1.12. The molecule has 0 fully saturated rings. The Labute approximate surface area is 323 Å². The number of nitrogens with zero attached hydrogens (tertiary/aromatic N) is 2. The van der Waals surface area contributed by atoms with E-state index in [4.69, 9.17) is 0 Å². The second-order valence-electron chi connectivity index (χ2n) is 14.1. The summed E-state index contributed by atoms with van der Waals surface area (Å²) >= 11 is 1.89. The van der Waals surface area contributed by atoms with Crippen molar-refractivity contribution in [2.24, 2.45) is 0 Å². The van der Waals surface area contributed by atoms with Crippen molar-refractivity contribution in [2.45, 2.75) is 0 Å². The van der Waals surface area contributed by atoms with Crippen molar-refractivity contribution in [3.63, 3.8) is 0 Å². The summed E-state index contributed by atoms with van der Waals surface area (Å²) in [6.07, 6.45) is 0. The fraction of sp³-hybridized carbons (Fsp3) is 0. The van der Waals surface area contributed by atoms with E-state index >= 15 is 0 Å². The summed E-state index contributed by atoms with van der Waals surface area (Å²) in [7, 11) is 0. The van der Waals surface area contributed by atoms with E-state index in [-0.39, 0.29) is 0 Å². The minimum Gasteiger partial charge on any atom is -0.311 e. The predicted molar refractivity (Wildman–Crippen MR) is 237 cm³/mol. The molecule has 0 bridgehead atoms. The van der Waals surface area contributed by atoms with Gasteiger partial charge in [-0.1, -0.05) is 140 Å². The van der Waals surface area contributed by atoms with Crippen molar-refractivity contribution >= 4 is 81.1 Å². The number of hydrogen-bond donors (Lipinski definition) is 0. The first-order chi connectivity index (χ1) is 27.3. The predicted octanol–water partition coefficient (Wildman–Crippen LogP) is 15.1. The largest absolute Gasteiger partial charge is 0.311 e. The molecule has 11 rings (SSSR count). The Morgan fingerprint density at radius 1 is 0.345 bits per heavy atom. The van der Waals surface area contributed by atoms with Gasteiger partial charge in [-0.15, -0.1) is 11.3 Å². The Morgan fingerprint density at radius 3 is 1.69 bits per heavy atom. The number of anilines is 3. The molecule has 2 nitrogen and oxygen atoms in total. The van der Waals surface area contributed by atoms with Gasteiger partial charge >= 0.3 is 0 Å². The van der Waals surface area contributed by atoms with Gasteiger partial charge in [0, 0.05) is 59.0 Å². The molecular formula is C52H34N2S. The minimum absolute atomic E-state index is 1.12. The van der Waals surface area contributed by atoms with Crippen molar-refractivity contribution in [2.75, 3.05) is 4.90 Å². The van der Waals surface area contributed by atoms with Gasteiger partial charge in [0.2, 0.25) is 0 Å². The molecule has 0 saturated heterocycles. The molecule has 0 aliphatic heterocycles. The lowest BCUT2D eigenvalue weighted by atomic mass is 9.95. The molecule has 258 valence electrons. The molecule has 0 atom stereocenters. The molecular weight excluding hydrogens is 685 g/mol. The molecule has 0 spiro atoms. The standard InChI is InChI=1S/C52H34N2S/c1-3-14-37(15-4-1)53(38-16-5-2-6-17-38)39-29-26-35(27-30-39)36-28-32-50-47(34-36)43-20-9-11-24-48(43)54(50)49-33-31-41(40-18-7-8-19-42(40)49)45-22-13-23-46-44-21-10-12-25-51(44)55-52(45)46/h1-34H. The fourth-order valence-corrected chi connectivity index (χ4v) is 9.72. The third kappa shape index (κ3) is 5.16. The second kappa shape index (κ2) is 12.9. The summed E-state index contributed by atoms with van der Waals surface area (Å²) in [5, 5.41) is 7.64. The molecule has 0 N–H and O–H groups in total. The topological polar surface area (TPSA) is 8.17 Å². The molecule has 0 saturated carbocycles.